The molecule has 96 valence electrons. The quantitative estimate of drug-likeness (QED) is 0.727. The number of anilines is 1. The lowest BCUT2D eigenvalue weighted by Gasteiger charge is -2.02. The first kappa shape index (κ1) is 11.6. The van der Waals surface area contributed by atoms with Crippen LogP contribution in [-0.2, 0) is 0 Å². The number of nitrogens with two attached hydrogens (primary N) is 1. The fraction of sp³-hybridized carbons (Fsp3) is 0.133. The Balaban J connectivity index is 1.99. The van der Waals surface area contributed by atoms with Crippen LogP contribution < -0.4 is 10.5 Å². The first-order valence-corrected chi connectivity index (χ1v) is 6.15. The van der Waals surface area contributed by atoms with Crippen molar-refractivity contribution in [1.29, 1.82) is 0 Å². The Morgan fingerprint density at radius 2 is 1.95 bits per heavy atom. The van der Waals surface area contributed by atoms with E-state index >= 15 is 0 Å². The van der Waals surface area contributed by atoms with Crippen LogP contribution in [0.5, 0.6) is 5.75 Å². The molecule has 0 aliphatic heterocycles. The van der Waals surface area contributed by atoms with Crippen molar-refractivity contribution in [1.82, 2.24) is 4.98 Å². The van der Waals surface area contributed by atoms with E-state index in [0.717, 1.165) is 22.4 Å². The number of nitrogens with zero attached hydrogens (tertiary/aromatic N) is 1. The number of benzene rings is 2. The van der Waals surface area contributed by atoms with E-state index in [9.17, 15) is 0 Å². The van der Waals surface area contributed by atoms with Gasteiger partial charge in [0, 0.05) is 11.3 Å². The maximum Gasteiger partial charge on any atom is 0.227 e. The molecule has 0 radical (unpaired) electrons. The minimum absolute atomic E-state index is 0.587. The minimum atomic E-state index is 0.587. The van der Waals surface area contributed by atoms with E-state index < -0.39 is 0 Å². The van der Waals surface area contributed by atoms with Crippen molar-refractivity contribution in [2.45, 2.75) is 6.92 Å². The van der Waals surface area contributed by atoms with Gasteiger partial charge in [0.15, 0.2) is 5.58 Å². The second-order valence-electron chi connectivity index (χ2n) is 4.20. The van der Waals surface area contributed by atoms with Gasteiger partial charge in [-0.25, -0.2) is 4.98 Å². The van der Waals surface area contributed by atoms with E-state index in [-0.39, 0.29) is 0 Å². The van der Waals surface area contributed by atoms with Crippen molar-refractivity contribution < 1.29 is 9.15 Å². The van der Waals surface area contributed by atoms with Crippen LogP contribution in [0.2, 0.25) is 0 Å². The second kappa shape index (κ2) is 4.65. The van der Waals surface area contributed by atoms with Crippen molar-refractivity contribution in [3.8, 4) is 17.2 Å². The Morgan fingerprint density at radius 1 is 1.16 bits per heavy atom. The van der Waals surface area contributed by atoms with E-state index in [1.807, 2.05) is 37.3 Å². The number of fused-ring (bicyclic) bond motifs is 1. The average molecular weight is 254 g/mol. The van der Waals surface area contributed by atoms with Crippen LogP contribution in [0.1, 0.15) is 6.92 Å². The van der Waals surface area contributed by atoms with Gasteiger partial charge in [-0.15, -0.1) is 0 Å². The smallest absolute Gasteiger partial charge is 0.227 e. The van der Waals surface area contributed by atoms with Gasteiger partial charge in [0.25, 0.3) is 0 Å². The second-order valence-corrected chi connectivity index (χ2v) is 4.20. The lowest BCUT2D eigenvalue weighted by Crippen LogP contribution is -1.90. The summed E-state index contributed by atoms with van der Waals surface area (Å²) < 4.78 is 11.1. The minimum Gasteiger partial charge on any atom is -0.494 e. The van der Waals surface area contributed by atoms with E-state index in [1.54, 1.807) is 12.1 Å². The van der Waals surface area contributed by atoms with Crippen LogP contribution in [-0.4, -0.2) is 11.6 Å². The van der Waals surface area contributed by atoms with E-state index in [1.165, 1.54) is 0 Å². The molecular weight excluding hydrogens is 240 g/mol. The molecule has 19 heavy (non-hydrogen) atoms. The first-order valence-electron chi connectivity index (χ1n) is 6.15. The van der Waals surface area contributed by atoms with Crippen LogP contribution >= 0.6 is 0 Å². The summed E-state index contributed by atoms with van der Waals surface area (Å²) in [7, 11) is 0. The number of rotatable bonds is 3. The molecule has 0 spiro atoms. The molecular formula is C15H14N2O2. The molecule has 3 rings (SSSR count). The Bertz CT molecular complexity index is 702. The predicted molar refractivity (Wildman–Crippen MR) is 75.0 cm³/mol. The molecule has 3 aromatic rings. The summed E-state index contributed by atoms with van der Waals surface area (Å²) in [6.45, 7) is 2.61. The SMILES string of the molecule is CCOc1ccc(-c2nc3cc(N)ccc3o2)cc1. The zero-order valence-corrected chi connectivity index (χ0v) is 10.6. The topological polar surface area (TPSA) is 61.3 Å². The maximum atomic E-state index is 5.73. The van der Waals surface area contributed by atoms with Gasteiger partial charge in [-0.2, -0.15) is 0 Å². The molecule has 0 aliphatic rings. The van der Waals surface area contributed by atoms with E-state index in [4.69, 9.17) is 14.9 Å². The molecule has 0 aliphatic carbocycles. The largest absolute Gasteiger partial charge is 0.494 e. The lowest BCUT2D eigenvalue weighted by atomic mass is 10.2. The highest BCUT2D eigenvalue weighted by atomic mass is 16.5. The summed E-state index contributed by atoms with van der Waals surface area (Å²) in [6, 6.07) is 13.1. The van der Waals surface area contributed by atoms with E-state index in [0.29, 0.717) is 18.2 Å². The standard InChI is InChI=1S/C15H14N2O2/c1-2-18-12-6-3-10(4-7-12)15-17-13-9-11(16)5-8-14(13)19-15/h3-9H,2,16H2,1H3. The fourth-order valence-corrected chi connectivity index (χ4v) is 1.93. The monoisotopic (exact) mass is 254 g/mol. The number of ether oxygens (including phenoxy) is 1. The molecule has 4 heteroatoms. The molecule has 0 atom stereocenters. The summed E-state index contributed by atoms with van der Waals surface area (Å²) in [5, 5.41) is 0. The van der Waals surface area contributed by atoms with Gasteiger partial charge >= 0.3 is 0 Å². The van der Waals surface area contributed by atoms with E-state index in [2.05, 4.69) is 4.98 Å². The number of hydrogen-bond donors (Lipinski definition) is 1. The average Bonchev–Trinajstić information content (AvgIpc) is 2.83. The third-order valence-corrected chi connectivity index (χ3v) is 2.82. The number of nitrogen functional groups attached to an aromatic ring is 1. The zero-order valence-electron chi connectivity index (χ0n) is 10.6. The molecule has 0 saturated heterocycles. The third-order valence-electron chi connectivity index (χ3n) is 2.82. The third kappa shape index (κ3) is 2.25. The van der Waals surface area contributed by atoms with Gasteiger partial charge in [-0.05, 0) is 49.4 Å². The highest BCUT2D eigenvalue weighted by Gasteiger charge is 2.08. The summed E-state index contributed by atoms with van der Waals surface area (Å²) in [5.74, 6) is 1.43. The van der Waals surface area contributed by atoms with Gasteiger partial charge in [-0.3, -0.25) is 0 Å². The van der Waals surface area contributed by atoms with Crippen LogP contribution in [0, 0.1) is 0 Å². The van der Waals surface area contributed by atoms with Crippen LogP contribution in [0.4, 0.5) is 5.69 Å². The number of hydrogen-bond acceptors (Lipinski definition) is 4. The van der Waals surface area contributed by atoms with Crippen molar-refractivity contribution >= 4 is 16.8 Å². The fourth-order valence-electron chi connectivity index (χ4n) is 1.93. The number of oxazole rings is 1. The normalized spacial score (nSPS) is 10.8. The molecule has 0 amide bonds. The molecule has 0 fully saturated rings. The predicted octanol–water partition coefficient (Wildman–Crippen LogP) is 3.48. The molecule has 2 N–H and O–H groups in total. The van der Waals surface area contributed by atoms with Crippen molar-refractivity contribution in [3.05, 3.63) is 42.5 Å². The summed E-state index contributed by atoms with van der Waals surface area (Å²) in [5.41, 5.74) is 8.82. The Morgan fingerprint density at radius 3 is 2.68 bits per heavy atom. The van der Waals surface area contributed by atoms with Gasteiger partial charge in [0.2, 0.25) is 5.89 Å². The van der Waals surface area contributed by atoms with Crippen molar-refractivity contribution in [2.75, 3.05) is 12.3 Å². The first-order chi connectivity index (χ1) is 9.26. The van der Waals surface area contributed by atoms with Crippen molar-refractivity contribution in [2.24, 2.45) is 0 Å². The molecule has 0 saturated carbocycles. The maximum absolute atomic E-state index is 5.73. The molecule has 1 aromatic heterocycles. The molecule has 0 unspecified atom stereocenters. The molecule has 1 heterocycles. The number of aromatic nitrogens is 1. The Labute approximate surface area is 110 Å². The van der Waals surface area contributed by atoms with Crippen LogP contribution in [0.3, 0.4) is 0 Å². The highest BCUT2D eigenvalue weighted by molar-refractivity contribution is 5.79. The van der Waals surface area contributed by atoms with Gasteiger partial charge in [0.05, 0.1) is 6.61 Å². The lowest BCUT2D eigenvalue weighted by molar-refractivity contribution is 0.340. The Hall–Kier alpha value is -2.49. The Kier molecular flexibility index (Phi) is 2.83. The highest BCUT2D eigenvalue weighted by Crippen LogP contribution is 2.26. The molecule has 4 nitrogen and oxygen atoms in total. The van der Waals surface area contributed by atoms with Crippen molar-refractivity contribution in [3.63, 3.8) is 0 Å². The summed E-state index contributed by atoms with van der Waals surface area (Å²) >= 11 is 0. The van der Waals surface area contributed by atoms with Gasteiger partial charge < -0.3 is 14.9 Å². The van der Waals surface area contributed by atoms with Gasteiger partial charge in [0.1, 0.15) is 11.3 Å². The van der Waals surface area contributed by atoms with Crippen LogP contribution in [0.25, 0.3) is 22.6 Å². The molecule has 0 bridgehead atoms. The molecule has 2 aromatic carbocycles. The summed E-state index contributed by atoms with van der Waals surface area (Å²) in [6.07, 6.45) is 0. The van der Waals surface area contributed by atoms with Gasteiger partial charge in [-0.1, -0.05) is 0 Å². The van der Waals surface area contributed by atoms with Crippen LogP contribution in [0.15, 0.2) is 46.9 Å². The zero-order chi connectivity index (χ0) is 13.2. The summed E-state index contributed by atoms with van der Waals surface area (Å²) in [4.78, 5) is 4.43.